The maximum Gasteiger partial charge on any atom is 0.00699 e. The summed E-state index contributed by atoms with van der Waals surface area (Å²) in [5.41, 5.74) is 8.80. The number of hydrogen-bond acceptors (Lipinski definition) is 1. The highest BCUT2D eigenvalue weighted by molar-refractivity contribution is 5.14. The lowest BCUT2D eigenvalue weighted by Gasteiger charge is -2.30. The molecule has 2 N–H and O–H groups in total. The highest BCUT2D eigenvalue weighted by atomic mass is 14.6. The van der Waals surface area contributed by atoms with Gasteiger partial charge in [-0.2, -0.15) is 0 Å². The fourth-order valence-electron chi connectivity index (χ4n) is 1.61. The molecule has 0 saturated heterocycles. The number of nitrogens with two attached hydrogens (primary N) is 1. The van der Waals surface area contributed by atoms with Gasteiger partial charge in [-0.3, -0.25) is 0 Å². The molecule has 0 saturated carbocycles. The summed E-state index contributed by atoms with van der Waals surface area (Å²) >= 11 is 0. The summed E-state index contributed by atoms with van der Waals surface area (Å²) in [7, 11) is 0. The van der Waals surface area contributed by atoms with Crippen molar-refractivity contribution in [3.05, 3.63) is 11.3 Å². The molecule has 0 heterocycles. The Kier molecular flexibility index (Phi) is 4.36. The fourth-order valence-corrected chi connectivity index (χ4v) is 1.61. The SMILES string of the molecule is CC.CC1=C(N)CCC(C)(C)C1. The molecule has 1 aliphatic carbocycles. The summed E-state index contributed by atoms with van der Waals surface area (Å²) in [4.78, 5) is 0. The van der Waals surface area contributed by atoms with Crippen molar-refractivity contribution in [2.24, 2.45) is 11.1 Å². The Morgan fingerprint density at radius 2 is 1.75 bits per heavy atom. The van der Waals surface area contributed by atoms with Crippen LogP contribution in [0.1, 0.15) is 53.9 Å². The minimum Gasteiger partial charge on any atom is -0.402 e. The number of allylic oxidation sites excluding steroid dienone is 2. The van der Waals surface area contributed by atoms with E-state index in [1.54, 1.807) is 0 Å². The first-order chi connectivity index (χ1) is 5.51. The Labute approximate surface area is 77.0 Å². The van der Waals surface area contributed by atoms with E-state index < -0.39 is 0 Å². The second-order valence-corrected chi connectivity index (χ2v) is 4.15. The van der Waals surface area contributed by atoms with Crippen LogP contribution in [-0.2, 0) is 0 Å². The third-order valence-electron chi connectivity index (χ3n) is 2.36. The molecule has 0 amide bonds. The molecule has 0 unspecified atom stereocenters. The Balaban J connectivity index is 0.000000561. The molecule has 1 nitrogen and oxygen atoms in total. The van der Waals surface area contributed by atoms with Crippen LogP contribution >= 0.6 is 0 Å². The smallest absolute Gasteiger partial charge is 0.00699 e. The summed E-state index contributed by atoms with van der Waals surface area (Å²) in [6.45, 7) is 10.8. The lowest BCUT2D eigenvalue weighted by Crippen LogP contribution is -2.20. The average Bonchev–Trinajstić information content (AvgIpc) is 2.01. The van der Waals surface area contributed by atoms with Crippen molar-refractivity contribution < 1.29 is 0 Å². The molecular formula is C11H23N. The summed E-state index contributed by atoms with van der Waals surface area (Å²) < 4.78 is 0. The van der Waals surface area contributed by atoms with Crippen LogP contribution in [0.25, 0.3) is 0 Å². The zero-order valence-electron chi connectivity index (χ0n) is 9.20. The van der Waals surface area contributed by atoms with Crippen molar-refractivity contribution in [1.82, 2.24) is 0 Å². The third-order valence-corrected chi connectivity index (χ3v) is 2.36. The Morgan fingerprint density at radius 1 is 1.25 bits per heavy atom. The van der Waals surface area contributed by atoms with Crippen molar-refractivity contribution in [2.75, 3.05) is 0 Å². The predicted molar refractivity (Wildman–Crippen MR) is 55.9 cm³/mol. The molecule has 0 aromatic carbocycles. The first-order valence-corrected chi connectivity index (χ1v) is 4.95. The van der Waals surface area contributed by atoms with E-state index in [-0.39, 0.29) is 0 Å². The van der Waals surface area contributed by atoms with Crippen molar-refractivity contribution in [3.8, 4) is 0 Å². The van der Waals surface area contributed by atoms with Gasteiger partial charge in [0.05, 0.1) is 0 Å². The van der Waals surface area contributed by atoms with Gasteiger partial charge in [-0.15, -0.1) is 0 Å². The molecule has 72 valence electrons. The summed E-state index contributed by atoms with van der Waals surface area (Å²) in [6, 6.07) is 0. The maximum absolute atomic E-state index is 5.78. The third kappa shape index (κ3) is 3.29. The Hall–Kier alpha value is -0.460. The summed E-state index contributed by atoms with van der Waals surface area (Å²) in [5.74, 6) is 0. The second-order valence-electron chi connectivity index (χ2n) is 4.15. The molecule has 1 aliphatic rings. The van der Waals surface area contributed by atoms with Gasteiger partial charge in [0.2, 0.25) is 0 Å². The molecule has 0 aliphatic heterocycles. The zero-order valence-corrected chi connectivity index (χ0v) is 9.20. The number of hydrogen-bond donors (Lipinski definition) is 1. The lowest BCUT2D eigenvalue weighted by molar-refractivity contribution is 0.313. The molecule has 1 heteroatoms. The van der Waals surface area contributed by atoms with Crippen molar-refractivity contribution in [2.45, 2.75) is 53.9 Å². The molecule has 0 fully saturated rings. The van der Waals surface area contributed by atoms with E-state index in [2.05, 4.69) is 20.8 Å². The molecule has 0 atom stereocenters. The normalized spacial score (nSPS) is 21.4. The molecule has 0 bridgehead atoms. The highest BCUT2D eigenvalue weighted by Gasteiger charge is 2.23. The minimum atomic E-state index is 0.493. The van der Waals surface area contributed by atoms with Gasteiger partial charge in [-0.1, -0.05) is 33.3 Å². The van der Waals surface area contributed by atoms with Gasteiger partial charge >= 0.3 is 0 Å². The molecular weight excluding hydrogens is 146 g/mol. The van der Waals surface area contributed by atoms with Gasteiger partial charge in [-0.05, 0) is 31.6 Å². The van der Waals surface area contributed by atoms with Crippen molar-refractivity contribution in [1.29, 1.82) is 0 Å². The van der Waals surface area contributed by atoms with Crippen LogP contribution in [0.15, 0.2) is 11.3 Å². The Morgan fingerprint density at radius 3 is 2.08 bits per heavy atom. The van der Waals surface area contributed by atoms with Crippen LogP contribution in [-0.4, -0.2) is 0 Å². The second kappa shape index (κ2) is 4.54. The van der Waals surface area contributed by atoms with Gasteiger partial charge in [0.15, 0.2) is 0 Å². The van der Waals surface area contributed by atoms with Gasteiger partial charge in [0, 0.05) is 5.70 Å². The predicted octanol–water partition coefficient (Wildman–Crippen LogP) is 3.46. The van der Waals surface area contributed by atoms with Crippen molar-refractivity contribution in [3.63, 3.8) is 0 Å². The molecule has 12 heavy (non-hydrogen) atoms. The first kappa shape index (κ1) is 11.5. The van der Waals surface area contributed by atoms with E-state index in [4.69, 9.17) is 5.73 Å². The average molecular weight is 169 g/mol. The van der Waals surface area contributed by atoms with E-state index in [1.807, 2.05) is 13.8 Å². The van der Waals surface area contributed by atoms with E-state index in [1.165, 1.54) is 18.4 Å². The lowest BCUT2D eigenvalue weighted by atomic mass is 9.77. The van der Waals surface area contributed by atoms with Crippen LogP contribution in [0.4, 0.5) is 0 Å². The van der Waals surface area contributed by atoms with Gasteiger partial charge < -0.3 is 5.73 Å². The molecule has 1 rings (SSSR count). The monoisotopic (exact) mass is 169 g/mol. The molecule has 0 radical (unpaired) electrons. The minimum absolute atomic E-state index is 0.493. The van der Waals surface area contributed by atoms with Crippen LogP contribution in [0.5, 0.6) is 0 Å². The van der Waals surface area contributed by atoms with Crippen LogP contribution in [0, 0.1) is 5.41 Å². The molecule has 0 aromatic rings. The van der Waals surface area contributed by atoms with E-state index >= 15 is 0 Å². The molecule has 0 aromatic heterocycles. The fraction of sp³-hybridized carbons (Fsp3) is 0.818. The quantitative estimate of drug-likeness (QED) is 0.590. The van der Waals surface area contributed by atoms with E-state index in [9.17, 15) is 0 Å². The van der Waals surface area contributed by atoms with Gasteiger partial charge in [0.25, 0.3) is 0 Å². The Bertz CT molecular complexity index is 166. The largest absolute Gasteiger partial charge is 0.402 e. The highest BCUT2D eigenvalue weighted by Crippen LogP contribution is 2.36. The van der Waals surface area contributed by atoms with E-state index in [0.29, 0.717) is 5.41 Å². The summed E-state index contributed by atoms with van der Waals surface area (Å²) in [6.07, 6.45) is 3.52. The summed E-state index contributed by atoms with van der Waals surface area (Å²) in [5, 5.41) is 0. The molecule has 0 spiro atoms. The van der Waals surface area contributed by atoms with Crippen LogP contribution in [0.3, 0.4) is 0 Å². The first-order valence-electron chi connectivity index (χ1n) is 4.95. The van der Waals surface area contributed by atoms with Crippen LogP contribution < -0.4 is 5.73 Å². The topological polar surface area (TPSA) is 26.0 Å². The van der Waals surface area contributed by atoms with Crippen molar-refractivity contribution >= 4 is 0 Å². The zero-order chi connectivity index (χ0) is 9.78. The van der Waals surface area contributed by atoms with Crippen LogP contribution in [0.2, 0.25) is 0 Å². The number of rotatable bonds is 0. The van der Waals surface area contributed by atoms with Gasteiger partial charge in [-0.25, -0.2) is 0 Å². The maximum atomic E-state index is 5.78. The van der Waals surface area contributed by atoms with Gasteiger partial charge in [0.1, 0.15) is 0 Å². The standard InChI is InChI=1S/C9H17N.C2H6/c1-7-6-9(2,3)5-4-8(7)10;1-2/h4-6,10H2,1-3H3;1-2H3. The van der Waals surface area contributed by atoms with E-state index in [0.717, 1.165) is 12.1 Å².